The van der Waals surface area contributed by atoms with Crippen LogP contribution in [-0.2, 0) is 9.59 Å². The molecule has 2 atom stereocenters. The minimum atomic E-state index is -1.26. The van der Waals surface area contributed by atoms with Crippen molar-refractivity contribution in [2.75, 3.05) is 25.0 Å². The summed E-state index contributed by atoms with van der Waals surface area (Å²) >= 11 is 2.20. The fraction of sp³-hybridized carbons (Fsp3) is 0.500. The zero-order chi connectivity index (χ0) is 18.4. The predicted molar refractivity (Wildman–Crippen MR) is 101 cm³/mol. The standard InChI is InChI=1S/C12H17IN4.C4H4O4/c1-16-9-2-3-10(16)8-17(7-6-9)12-5-4-11(13)14-15-12;5-3(6)1-2-4(7)8/h4-5,9-10H,2-3,6-8H2,1H3;1-2H,(H,5,6)(H,7,8)/b;2-1+. The van der Waals surface area contributed by atoms with Crippen molar-refractivity contribution >= 4 is 40.3 Å². The molecule has 0 aliphatic carbocycles. The number of anilines is 1. The van der Waals surface area contributed by atoms with E-state index in [9.17, 15) is 9.59 Å². The number of carboxylic acid groups (broad SMARTS) is 2. The lowest BCUT2D eigenvalue weighted by Crippen LogP contribution is -2.37. The summed E-state index contributed by atoms with van der Waals surface area (Å²) in [6.45, 7) is 2.21. The summed E-state index contributed by atoms with van der Waals surface area (Å²) in [5.74, 6) is -1.48. The van der Waals surface area contributed by atoms with Crippen molar-refractivity contribution in [3.05, 3.63) is 28.0 Å². The highest BCUT2D eigenvalue weighted by Crippen LogP contribution is 2.29. The van der Waals surface area contributed by atoms with Crippen LogP contribution in [0.25, 0.3) is 0 Å². The van der Waals surface area contributed by atoms with Crippen LogP contribution in [0.15, 0.2) is 24.3 Å². The Balaban J connectivity index is 0.000000242. The van der Waals surface area contributed by atoms with Gasteiger partial charge in [0.25, 0.3) is 0 Å². The second-order valence-corrected chi connectivity index (χ2v) is 7.11. The van der Waals surface area contributed by atoms with Crippen LogP contribution in [0.2, 0.25) is 0 Å². The van der Waals surface area contributed by atoms with Crippen molar-refractivity contribution < 1.29 is 19.8 Å². The zero-order valence-electron chi connectivity index (χ0n) is 13.9. The Labute approximate surface area is 159 Å². The molecule has 25 heavy (non-hydrogen) atoms. The van der Waals surface area contributed by atoms with Crippen LogP contribution in [-0.4, -0.2) is 69.5 Å². The molecule has 2 aliphatic rings. The molecule has 3 rings (SSSR count). The second-order valence-electron chi connectivity index (χ2n) is 6.01. The Kier molecular flexibility index (Phi) is 7.12. The van der Waals surface area contributed by atoms with Crippen molar-refractivity contribution in [2.24, 2.45) is 0 Å². The number of carboxylic acids is 2. The van der Waals surface area contributed by atoms with Gasteiger partial charge >= 0.3 is 11.9 Å². The summed E-state index contributed by atoms with van der Waals surface area (Å²) in [4.78, 5) is 24.1. The van der Waals surface area contributed by atoms with E-state index in [1.54, 1.807) is 0 Å². The number of halogens is 1. The van der Waals surface area contributed by atoms with Crippen LogP contribution in [0.4, 0.5) is 5.82 Å². The van der Waals surface area contributed by atoms with Crippen LogP contribution in [0.5, 0.6) is 0 Å². The summed E-state index contributed by atoms with van der Waals surface area (Å²) in [7, 11) is 2.27. The van der Waals surface area contributed by atoms with Crippen molar-refractivity contribution in [3.63, 3.8) is 0 Å². The maximum absolute atomic E-state index is 9.55. The second kappa shape index (κ2) is 9.09. The number of aliphatic carboxylic acids is 2. The molecule has 9 heteroatoms. The molecule has 2 aliphatic heterocycles. The lowest BCUT2D eigenvalue weighted by atomic mass is 10.1. The first-order valence-electron chi connectivity index (χ1n) is 7.97. The molecule has 0 spiro atoms. The molecule has 0 amide bonds. The van der Waals surface area contributed by atoms with Crippen LogP contribution in [0.3, 0.4) is 0 Å². The first-order valence-corrected chi connectivity index (χ1v) is 9.04. The molecule has 2 unspecified atom stereocenters. The number of hydrogen-bond acceptors (Lipinski definition) is 6. The van der Waals surface area contributed by atoms with Gasteiger partial charge in [-0.15, -0.1) is 10.2 Å². The summed E-state index contributed by atoms with van der Waals surface area (Å²) in [6, 6.07) is 5.61. The number of nitrogens with zero attached hydrogens (tertiary/aromatic N) is 4. The van der Waals surface area contributed by atoms with Gasteiger partial charge in [-0.1, -0.05) is 0 Å². The maximum Gasteiger partial charge on any atom is 0.328 e. The lowest BCUT2D eigenvalue weighted by Gasteiger charge is -2.26. The minimum Gasteiger partial charge on any atom is -0.478 e. The van der Waals surface area contributed by atoms with Crippen LogP contribution < -0.4 is 4.90 Å². The number of rotatable bonds is 3. The monoisotopic (exact) mass is 460 g/mol. The van der Waals surface area contributed by atoms with Gasteiger partial charge in [0.2, 0.25) is 0 Å². The molecule has 2 fully saturated rings. The van der Waals surface area contributed by atoms with Crippen molar-refractivity contribution in [1.82, 2.24) is 15.1 Å². The third-order valence-electron chi connectivity index (χ3n) is 4.46. The lowest BCUT2D eigenvalue weighted by molar-refractivity contribution is -0.134. The Morgan fingerprint density at radius 3 is 2.32 bits per heavy atom. The Morgan fingerprint density at radius 1 is 1.12 bits per heavy atom. The third kappa shape index (κ3) is 5.92. The average molecular weight is 460 g/mol. The highest BCUT2D eigenvalue weighted by Gasteiger charge is 2.34. The molecule has 0 aromatic carbocycles. The molecule has 2 saturated heterocycles. The SMILES string of the molecule is CN1C2CCC1CN(c1ccc(I)nn1)CC2.O=C(O)/C=C/C(=O)O. The van der Waals surface area contributed by atoms with E-state index in [1.807, 2.05) is 6.07 Å². The summed E-state index contributed by atoms with van der Waals surface area (Å²) in [5, 5.41) is 24.1. The van der Waals surface area contributed by atoms with E-state index in [4.69, 9.17) is 10.2 Å². The smallest absolute Gasteiger partial charge is 0.328 e. The van der Waals surface area contributed by atoms with E-state index in [0.29, 0.717) is 18.2 Å². The molecule has 136 valence electrons. The van der Waals surface area contributed by atoms with Gasteiger partial charge in [0.1, 0.15) is 3.70 Å². The topological polar surface area (TPSA) is 107 Å². The molecule has 8 nitrogen and oxygen atoms in total. The van der Waals surface area contributed by atoms with Gasteiger partial charge in [0.15, 0.2) is 5.82 Å². The first kappa shape index (κ1) is 19.6. The van der Waals surface area contributed by atoms with Crippen molar-refractivity contribution in [3.8, 4) is 0 Å². The number of aromatic nitrogens is 2. The normalized spacial score (nSPS) is 23.0. The van der Waals surface area contributed by atoms with Crippen LogP contribution in [0, 0.1) is 3.70 Å². The van der Waals surface area contributed by atoms with E-state index >= 15 is 0 Å². The summed E-state index contributed by atoms with van der Waals surface area (Å²) in [6.07, 6.45) is 5.06. The quantitative estimate of drug-likeness (QED) is 0.516. The maximum atomic E-state index is 9.55. The van der Waals surface area contributed by atoms with Gasteiger partial charge in [0.05, 0.1) is 0 Å². The summed E-state index contributed by atoms with van der Waals surface area (Å²) in [5.41, 5.74) is 0. The van der Waals surface area contributed by atoms with Gasteiger partial charge in [-0.3, -0.25) is 4.90 Å². The van der Waals surface area contributed by atoms with Crippen molar-refractivity contribution in [2.45, 2.75) is 31.3 Å². The Bertz CT molecular complexity index is 622. The molecule has 0 saturated carbocycles. The van der Waals surface area contributed by atoms with Gasteiger partial charge < -0.3 is 15.1 Å². The van der Waals surface area contributed by atoms with E-state index in [0.717, 1.165) is 28.6 Å². The van der Waals surface area contributed by atoms with Crippen LogP contribution >= 0.6 is 22.6 Å². The van der Waals surface area contributed by atoms with Gasteiger partial charge in [-0.2, -0.15) is 0 Å². The van der Waals surface area contributed by atoms with Gasteiger partial charge in [-0.05, 0) is 61.0 Å². The molecular weight excluding hydrogens is 439 g/mol. The molecular formula is C16H21IN4O4. The number of fused-ring (bicyclic) bond motifs is 2. The van der Waals surface area contributed by atoms with E-state index in [1.165, 1.54) is 19.3 Å². The fourth-order valence-corrected chi connectivity index (χ4v) is 3.42. The number of likely N-dealkylation sites (N-methyl/N-ethyl adjacent to an activating group) is 1. The van der Waals surface area contributed by atoms with Gasteiger partial charge in [-0.25, -0.2) is 9.59 Å². The highest BCUT2D eigenvalue weighted by molar-refractivity contribution is 14.1. The minimum absolute atomic E-state index is 0.558. The first-order chi connectivity index (χ1) is 11.9. The number of hydrogen-bond donors (Lipinski definition) is 2. The van der Waals surface area contributed by atoms with Crippen LogP contribution in [0.1, 0.15) is 19.3 Å². The fourth-order valence-electron chi connectivity index (χ4n) is 3.14. The highest BCUT2D eigenvalue weighted by atomic mass is 127. The molecule has 2 N–H and O–H groups in total. The summed E-state index contributed by atoms with van der Waals surface area (Å²) < 4.78 is 0.958. The molecule has 2 bridgehead atoms. The molecule has 1 aromatic rings. The van der Waals surface area contributed by atoms with Crippen molar-refractivity contribution in [1.29, 1.82) is 0 Å². The third-order valence-corrected chi connectivity index (χ3v) is 5.03. The van der Waals surface area contributed by atoms with E-state index < -0.39 is 11.9 Å². The Hall–Kier alpha value is -1.75. The average Bonchev–Trinajstić information content (AvgIpc) is 2.80. The molecule has 1 aromatic heterocycles. The van der Waals surface area contributed by atoms with E-state index in [2.05, 4.69) is 55.7 Å². The number of carbonyl (C=O) groups is 2. The Morgan fingerprint density at radius 2 is 1.76 bits per heavy atom. The zero-order valence-corrected chi connectivity index (χ0v) is 16.0. The molecule has 0 radical (unpaired) electrons. The largest absolute Gasteiger partial charge is 0.478 e. The van der Waals surface area contributed by atoms with E-state index in [-0.39, 0.29) is 0 Å². The predicted octanol–water partition coefficient (Wildman–Crippen LogP) is 1.47. The molecule has 3 heterocycles. The van der Waals surface area contributed by atoms with Gasteiger partial charge in [0, 0.05) is 37.3 Å².